The summed E-state index contributed by atoms with van der Waals surface area (Å²) >= 11 is 0. The molecule has 0 radical (unpaired) electrons. The first kappa shape index (κ1) is 10.8. The fraction of sp³-hybridized carbons (Fsp3) is 0.143. The van der Waals surface area contributed by atoms with Crippen molar-refractivity contribution in [3.05, 3.63) is 53.0 Å². The number of Topliss-reactive ketones (excluding diaryl/α,β-unsaturated/α-hetero) is 1. The number of allylic oxidation sites excluding steroid dienone is 1. The number of aryl methyl sites for hydroxylation is 2. The predicted octanol–water partition coefficient (Wildman–Crippen LogP) is 2.38. The Morgan fingerprint density at radius 1 is 1.33 bits per heavy atom. The molecule has 0 atom stereocenters. The van der Waals surface area contributed by atoms with E-state index in [2.05, 4.69) is 10.4 Å². The Balaban J connectivity index is 2.02. The number of fused-ring (bicyclic) bond motifs is 1. The molecule has 4 heteroatoms. The molecule has 2 heterocycles. The summed E-state index contributed by atoms with van der Waals surface area (Å²) in [4.78, 5) is 12.2. The number of nitrogens with one attached hydrogen (secondary N) is 1. The first-order chi connectivity index (χ1) is 8.65. The second kappa shape index (κ2) is 3.84. The molecule has 0 unspecified atom stereocenters. The van der Waals surface area contributed by atoms with Gasteiger partial charge in [-0.3, -0.25) is 9.48 Å². The number of carbonyl (C=O) groups is 1. The third-order valence-corrected chi connectivity index (χ3v) is 3.04. The molecule has 3 rings (SSSR count). The van der Waals surface area contributed by atoms with Crippen molar-refractivity contribution in [3.8, 4) is 0 Å². The third-order valence-electron chi connectivity index (χ3n) is 3.04. The molecule has 0 amide bonds. The average molecular weight is 239 g/mol. The Hall–Kier alpha value is -2.36. The largest absolute Gasteiger partial charge is 0.352 e. The molecule has 4 nitrogen and oxygen atoms in total. The Bertz CT molecular complexity index is 667. The van der Waals surface area contributed by atoms with Crippen LogP contribution in [0.2, 0.25) is 0 Å². The molecule has 0 fully saturated rings. The summed E-state index contributed by atoms with van der Waals surface area (Å²) in [7, 11) is 1.87. The highest BCUT2D eigenvalue weighted by Gasteiger charge is 2.23. The molecular formula is C14H13N3O. The lowest BCUT2D eigenvalue weighted by atomic mass is 10.1. The molecule has 1 aliphatic heterocycles. The molecule has 0 saturated carbocycles. The molecule has 0 saturated heterocycles. The van der Waals surface area contributed by atoms with Crippen molar-refractivity contribution in [2.24, 2.45) is 7.05 Å². The molecule has 1 N–H and O–H groups in total. The number of rotatable bonds is 1. The number of anilines is 1. The van der Waals surface area contributed by atoms with Crippen LogP contribution in [-0.2, 0) is 7.05 Å². The van der Waals surface area contributed by atoms with Crippen molar-refractivity contribution in [2.75, 3.05) is 5.32 Å². The molecular weight excluding hydrogens is 226 g/mol. The summed E-state index contributed by atoms with van der Waals surface area (Å²) in [5.41, 5.74) is 4.07. The molecule has 0 aliphatic carbocycles. The number of nitrogens with zero attached hydrogens (tertiary/aromatic N) is 2. The average Bonchev–Trinajstić information content (AvgIpc) is 2.82. The number of aromatic nitrogens is 2. The third kappa shape index (κ3) is 1.62. The summed E-state index contributed by atoms with van der Waals surface area (Å²) in [6.45, 7) is 1.93. The standard InChI is InChI=1S/C14H13N3O/c1-9-10(8-17(2)16-9)7-13-14(18)11-5-3-4-6-12(11)15-13/h3-8,15H,1-2H3/b13-7-. The van der Waals surface area contributed by atoms with Crippen molar-refractivity contribution >= 4 is 17.5 Å². The van der Waals surface area contributed by atoms with Crippen molar-refractivity contribution in [3.63, 3.8) is 0 Å². The van der Waals surface area contributed by atoms with Crippen LogP contribution in [0.4, 0.5) is 5.69 Å². The minimum absolute atomic E-state index is 0.0360. The van der Waals surface area contributed by atoms with E-state index in [-0.39, 0.29) is 5.78 Å². The number of carbonyl (C=O) groups excluding carboxylic acids is 1. The van der Waals surface area contributed by atoms with Gasteiger partial charge >= 0.3 is 0 Å². The molecule has 2 aromatic rings. The van der Waals surface area contributed by atoms with Crippen LogP contribution < -0.4 is 5.32 Å². The zero-order chi connectivity index (χ0) is 12.7. The van der Waals surface area contributed by atoms with Crippen LogP contribution in [0, 0.1) is 6.92 Å². The first-order valence-electron chi connectivity index (χ1n) is 5.78. The zero-order valence-corrected chi connectivity index (χ0v) is 10.3. The Kier molecular flexibility index (Phi) is 2.30. The van der Waals surface area contributed by atoms with Crippen molar-refractivity contribution in [2.45, 2.75) is 6.92 Å². The molecule has 90 valence electrons. The van der Waals surface area contributed by atoms with E-state index in [4.69, 9.17) is 0 Å². The van der Waals surface area contributed by atoms with Crippen molar-refractivity contribution in [1.82, 2.24) is 9.78 Å². The van der Waals surface area contributed by atoms with E-state index in [0.717, 1.165) is 22.5 Å². The van der Waals surface area contributed by atoms with Gasteiger partial charge in [0.15, 0.2) is 0 Å². The number of hydrogen-bond donors (Lipinski definition) is 1. The maximum absolute atomic E-state index is 12.2. The van der Waals surface area contributed by atoms with Gasteiger partial charge < -0.3 is 5.32 Å². The maximum atomic E-state index is 12.2. The summed E-state index contributed by atoms with van der Waals surface area (Å²) in [6, 6.07) is 7.53. The first-order valence-corrected chi connectivity index (χ1v) is 5.78. The van der Waals surface area contributed by atoms with Crippen LogP contribution >= 0.6 is 0 Å². The Labute approximate surface area is 105 Å². The number of benzene rings is 1. The quantitative estimate of drug-likeness (QED) is 0.777. The van der Waals surface area contributed by atoms with Gasteiger partial charge in [-0.05, 0) is 25.1 Å². The van der Waals surface area contributed by atoms with E-state index in [9.17, 15) is 4.79 Å². The van der Waals surface area contributed by atoms with E-state index in [1.807, 2.05) is 50.5 Å². The highest BCUT2D eigenvalue weighted by Crippen LogP contribution is 2.28. The fourth-order valence-electron chi connectivity index (χ4n) is 2.15. The van der Waals surface area contributed by atoms with Gasteiger partial charge in [-0.2, -0.15) is 5.10 Å². The van der Waals surface area contributed by atoms with Gasteiger partial charge in [0.1, 0.15) is 0 Å². The second-order valence-corrected chi connectivity index (χ2v) is 4.40. The van der Waals surface area contributed by atoms with E-state index >= 15 is 0 Å². The lowest BCUT2D eigenvalue weighted by Crippen LogP contribution is -1.99. The highest BCUT2D eigenvalue weighted by molar-refractivity contribution is 6.20. The minimum Gasteiger partial charge on any atom is -0.352 e. The minimum atomic E-state index is 0.0360. The maximum Gasteiger partial charge on any atom is 0.211 e. The van der Waals surface area contributed by atoms with Gasteiger partial charge in [-0.1, -0.05) is 12.1 Å². The lowest BCUT2D eigenvalue weighted by Gasteiger charge is -1.97. The van der Waals surface area contributed by atoms with Gasteiger partial charge in [0.2, 0.25) is 5.78 Å². The van der Waals surface area contributed by atoms with Crippen LogP contribution in [0.25, 0.3) is 6.08 Å². The number of ketones is 1. The van der Waals surface area contributed by atoms with Gasteiger partial charge in [-0.25, -0.2) is 0 Å². The van der Waals surface area contributed by atoms with Gasteiger partial charge in [0.25, 0.3) is 0 Å². The molecule has 1 aromatic carbocycles. The van der Waals surface area contributed by atoms with Gasteiger partial charge in [0, 0.05) is 30.1 Å². The summed E-state index contributed by atoms with van der Waals surface area (Å²) in [6.07, 6.45) is 3.75. The van der Waals surface area contributed by atoms with Gasteiger partial charge in [0.05, 0.1) is 11.4 Å². The van der Waals surface area contributed by atoms with Crippen LogP contribution in [0.5, 0.6) is 0 Å². The van der Waals surface area contributed by atoms with Crippen molar-refractivity contribution in [1.29, 1.82) is 0 Å². The summed E-state index contributed by atoms with van der Waals surface area (Å²) in [5.74, 6) is 0.0360. The molecule has 1 aliphatic rings. The Morgan fingerprint density at radius 3 is 2.78 bits per heavy atom. The normalized spacial score (nSPS) is 15.9. The van der Waals surface area contributed by atoms with Crippen LogP contribution in [-0.4, -0.2) is 15.6 Å². The number of para-hydroxylation sites is 1. The van der Waals surface area contributed by atoms with Crippen LogP contribution in [0.15, 0.2) is 36.2 Å². The van der Waals surface area contributed by atoms with Crippen LogP contribution in [0.3, 0.4) is 0 Å². The molecule has 18 heavy (non-hydrogen) atoms. The van der Waals surface area contributed by atoms with E-state index in [1.54, 1.807) is 4.68 Å². The molecule has 0 spiro atoms. The van der Waals surface area contributed by atoms with Gasteiger partial charge in [-0.15, -0.1) is 0 Å². The van der Waals surface area contributed by atoms with E-state index < -0.39 is 0 Å². The topological polar surface area (TPSA) is 46.9 Å². The summed E-state index contributed by atoms with van der Waals surface area (Å²) in [5, 5.41) is 7.40. The monoisotopic (exact) mass is 239 g/mol. The smallest absolute Gasteiger partial charge is 0.211 e. The number of hydrogen-bond acceptors (Lipinski definition) is 3. The molecule has 0 bridgehead atoms. The second-order valence-electron chi connectivity index (χ2n) is 4.40. The zero-order valence-electron chi connectivity index (χ0n) is 10.3. The molecule has 1 aromatic heterocycles. The summed E-state index contributed by atoms with van der Waals surface area (Å²) < 4.78 is 1.74. The van der Waals surface area contributed by atoms with Crippen molar-refractivity contribution < 1.29 is 4.79 Å². The van der Waals surface area contributed by atoms with E-state index in [0.29, 0.717) is 5.70 Å². The highest BCUT2D eigenvalue weighted by atomic mass is 16.1. The fourth-order valence-corrected chi connectivity index (χ4v) is 2.15. The lowest BCUT2D eigenvalue weighted by molar-refractivity contribution is 0.104. The van der Waals surface area contributed by atoms with Crippen LogP contribution in [0.1, 0.15) is 21.6 Å². The SMILES string of the molecule is Cc1nn(C)cc1/C=C1\Nc2ccccc2C1=O. The predicted molar refractivity (Wildman–Crippen MR) is 70.3 cm³/mol. The van der Waals surface area contributed by atoms with E-state index in [1.165, 1.54) is 0 Å². The Morgan fingerprint density at radius 2 is 2.11 bits per heavy atom.